The summed E-state index contributed by atoms with van der Waals surface area (Å²) in [5.74, 6) is 0. The fraction of sp³-hybridized carbons (Fsp3) is 0. The van der Waals surface area contributed by atoms with Crippen LogP contribution in [0.15, 0.2) is 36.5 Å². The molecule has 0 aliphatic heterocycles. The SMILES string of the molecule is N=CN/C=C/c1ccccc1. The summed E-state index contributed by atoms with van der Waals surface area (Å²) in [4.78, 5) is 0. The Kier molecular flexibility index (Phi) is 2.93. The molecule has 0 fully saturated rings. The van der Waals surface area contributed by atoms with Crippen LogP contribution in [0.2, 0.25) is 0 Å². The third-order valence-corrected chi connectivity index (χ3v) is 1.25. The van der Waals surface area contributed by atoms with E-state index in [1.807, 2.05) is 36.4 Å². The molecule has 2 nitrogen and oxygen atoms in total. The summed E-state index contributed by atoms with van der Waals surface area (Å²) in [6, 6.07) is 9.93. The molecule has 0 radical (unpaired) electrons. The molecule has 0 amide bonds. The molecule has 0 saturated carbocycles. The van der Waals surface area contributed by atoms with Crippen LogP contribution >= 0.6 is 0 Å². The normalized spacial score (nSPS) is 9.82. The van der Waals surface area contributed by atoms with E-state index in [-0.39, 0.29) is 0 Å². The fourth-order valence-electron chi connectivity index (χ4n) is 0.757. The Labute approximate surface area is 66.1 Å². The Morgan fingerprint density at radius 1 is 1.18 bits per heavy atom. The van der Waals surface area contributed by atoms with Crippen LogP contribution in [-0.4, -0.2) is 6.34 Å². The van der Waals surface area contributed by atoms with Crippen LogP contribution in [0.1, 0.15) is 5.56 Å². The number of benzene rings is 1. The van der Waals surface area contributed by atoms with Gasteiger partial charge < -0.3 is 5.32 Å². The van der Waals surface area contributed by atoms with Crippen LogP contribution in [0, 0.1) is 5.41 Å². The van der Waals surface area contributed by atoms with Gasteiger partial charge in [0.2, 0.25) is 0 Å². The molecule has 0 spiro atoms. The first kappa shape index (κ1) is 7.54. The molecular weight excluding hydrogens is 136 g/mol. The zero-order valence-corrected chi connectivity index (χ0v) is 6.12. The molecule has 0 saturated heterocycles. The van der Waals surface area contributed by atoms with Crippen molar-refractivity contribution in [2.24, 2.45) is 0 Å². The van der Waals surface area contributed by atoms with Crippen molar-refractivity contribution < 1.29 is 0 Å². The van der Waals surface area contributed by atoms with Gasteiger partial charge in [-0.15, -0.1) is 0 Å². The molecule has 2 N–H and O–H groups in total. The summed E-state index contributed by atoms with van der Waals surface area (Å²) in [7, 11) is 0. The molecule has 0 heterocycles. The van der Waals surface area contributed by atoms with E-state index in [1.54, 1.807) is 6.20 Å². The van der Waals surface area contributed by atoms with Crippen molar-refractivity contribution >= 4 is 12.4 Å². The highest BCUT2D eigenvalue weighted by Crippen LogP contribution is 1.98. The summed E-state index contributed by atoms with van der Waals surface area (Å²) in [5.41, 5.74) is 1.13. The monoisotopic (exact) mass is 146 g/mol. The average molecular weight is 146 g/mol. The van der Waals surface area contributed by atoms with Crippen molar-refractivity contribution in [3.05, 3.63) is 42.1 Å². The van der Waals surface area contributed by atoms with Crippen molar-refractivity contribution in [3.63, 3.8) is 0 Å². The summed E-state index contributed by atoms with van der Waals surface area (Å²) in [6.45, 7) is 0. The minimum absolute atomic E-state index is 1.13. The van der Waals surface area contributed by atoms with E-state index in [4.69, 9.17) is 5.41 Å². The Bertz CT molecular complexity index is 239. The number of rotatable bonds is 3. The Balaban J connectivity index is 2.57. The van der Waals surface area contributed by atoms with Crippen molar-refractivity contribution in [2.75, 3.05) is 0 Å². The first-order chi connectivity index (χ1) is 5.43. The Morgan fingerprint density at radius 2 is 1.91 bits per heavy atom. The summed E-state index contributed by atoms with van der Waals surface area (Å²) in [5, 5.41) is 9.34. The van der Waals surface area contributed by atoms with Crippen molar-refractivity contribution in [3.8, 4) is 0 Å². The van der Waals surface area contributed by atoms with Gasteiger partial charge in [0, 0.05) is 6.20 Å². The molecule has 0 aromatic heterocycles. The van der Waals surface area contributed by atoms with Gasteiger partial charge in [-0.1, -0.05) is 30.3 Å². The third kappa shape index (κ3) is 2.67. The quantitative estimate of drug-likeness (QED) is 0.495. The van der Waals surface area contributed by atoms with E-state index in [0.717, 1.165) is 11.9 Å². The van der Waals surface area contributed by atoms with Gasteiger partial charge in [0.15, 0.2) is 0 Å². The van der Waals surface area contributed by atoms with Crippen LogP contribution in [0.4, 0.5) is 0 Å². The minimum atomic E-state index is 1.13. The molecule has 0 atom stereocenters. The molecule has 56 valence electrons. The average Bonchev–Trinajstić information content (AvgIpc) is 2.07. The van der Waals surface area contributed by atoms with Gasteiger partial charge in [0.1, 0.15) is 0 Å². The van der Waals surface area contributed by atoms with E-state index in [9.17, 15) is 0 Å². The van der Waals surface area contributed by atoms with Gasteiger partial charge in [-0.2, -0.15) is 0 Å². The van der Waals surface area contributed by atoms with Gasteiger partial charge in [-0.25, -0.2) is 0 Å². The maximum Gasteiger partial charge on any atom is 0.0830 e. The fourth-order valence-corrected chi connectivity index (χ4v) is 0.757. The lowest BCUT2D eigenvalue weighted by Crippen LogP contribution is -1.96. The first-order valence-electron chi connectivity index (χ1n) is 3.40. The molecule has 11 heavy (non-hydrogen) atoms. The molecule has 0 unspecified atom stereocenters. The summed E-state index contributed by atoms with van der Waals surface area (Å²) >= 11 is 0. The van der Waals surface area contributed by atoms with Crippen molar-refractivity contribution in [1.82, 2.24) is 5.32 Å². The second-order valence-electron chi connectivity index (χ2n) is 2.06. The molecule has 1 aromatic carbocycles. The van der Waals surface area contributed by atoms with Gasteiger partial charge in [-0.3, -0.25) is 5.41 Å². The highest BCUT2D eigenvalue weighted by Gasteiger charge is 1.79. The third-order valence-electron chi connectivity index (χ3n) is 1.25. The van der Waals surface area contributed by atoms with E-state index in [0.29, 0.717) is 0 Å². The maximum atomic E-state index is 6.68. The van der Waals surface area contributed by atoms with E-state index >= 15 is 0 Å². The lowest BCUT2D eigenvalue weighted by molar-refractivity contribution is 1.29. The molecule has 0 aliphatic carbocycles. The highest BCUT2D eigenvalue weighted by molar-refractivity contribution is 5.56. The van der Waals surface area contributed by atoms with Gasteiger partial charge >= 0.3 is 0 Å². The molecule has 0 bridgehead atoms. The van der Waals surface area contributed by atoms with E-state index in [2.05, 4.69) is 5.32 Å². The molecule has 1 aromatic rings. The van der Waals surface area contributed by atoms with Crippen LogP contribution in [0.3, 0.4) is 0 Å². The highest BCUT2D eigenvalue weighted by atomic mass is 14.8. The van der Waals surface area contributed by atoms with Crippen LogP contribution in [-0.2, 0) is 0 Å². The smallest absolute Gasteiger partial charge is 0.0830 e. The minimum Gasteiger partial charge on any atom is -0.353 e. The Morgan fingerprint density at radius 3 is 2.55 bits per heavy atom. The maximum absolute atomic E-state index is 6.68. The first-order valence-corrected chi connectivity index (χ1v) is 3.40. The number of nitrogens with one attached hydrogen (secondary N) is 2. The van der Waals surface area contributed by atoms with Gasteiger partial charge in [0.25, 0.3) is 0 Å². The van der Waals surface area contributed by atoms with Crippen LogP contribution in [0.5, 0.6) is 0 Å². The number of hydrogen-bond acceptors (Lipinski definition) is 1. The van der Waals surface area contributed by atoms with Crippen LogP contribution < -0.4 is 5.32 Å². The standard InChI is InChI=1S/C9H10N2/c10-8-11-7-6-9-4-2-1-3-5-9/h1-8H,(H2,10,11)/b7-6+. The van der Waals surface area contributed by atoms with Crippen molar-refractivity contribution in [1.29, 1.82) is 5.41 Å². The van der Waals surface area contributed by atoms with Gasteiger partial charge in [-0.05, 0) is 11.6 Å². The molecule has 1 rings (SSSR count). The molecular formula is C9H10N2. The van der Waals surface area contributed by atoms with E-state index in [1.165, 1.54) is 0 Å². The van der Waals surface area contributed by atoms with E-state index < -0.39 is 0 Å². The van der Waals surface area contributed by atoms with Crippen LogP contribution in [0.25, 0.3) is 6.08 Å². The second kappa shape index (κ2) is 4.28. The zero-order valence-electron chi connectivity index (χ0n) is 6.12. The predicted octanol–water partition coefficient (Wildman–Crippen LogP) is 1.85. The topological polar surface area (TPSA) is 35.9 Å². The largest absolute Gasteiger partial charge is 0.353 e. The molecule has 2 heteroatoms. The lowest BCUT2D eigenvalue weighted by Gasteiger charge is -1.89. The zero-order chi connectivity index (χ0) is 7.94. The summed E-state index contributed by atoms with van der Waals surface area (Å²) < 4.78 is 0. The van der Waals surface area contributed by atoms with Crippen molar-refractivity contribution in [2.45, 2.75) is 0 Å². The lowest BCUT2D eigenvalue weighted by atomic mass is 10.2. The number of hydrogen-bond donors (Lipinski definition) is 2. The summed E-state index contributed by atoms with van der Waals surface area (Å²) in [6.07, 6.45) is 4.77. The molecule has 0 aliphatic rings. The second-order valence-corrected chi connectivity index (χ2v) is 2.06. The Hall–Kier alpha value is -1.57. The predicted molar refractivity (Wildman–Crippen MR) is 47.4 cm³/mol. The van der Waals surface area contributed by atoms with Gasteiger partial charge in [0.05, 0.1) is 6.34 Å².